The van der Waals surface area contributed by atoms with Gasteiger partial charge in [-0.2, -0.15) is 0 Å². The maximum Gasteiger partial charge on any atom is 0.251 e. The molecule has 0 spiro atoms. The van der Waals surface area contributed by atoms with Crippen LogP contribution in [0.5, 0.6) is 0 Å². The fraction of sp³-hybridized carbons (Fsp3) is 0.389. The summed E-state index contributed by atoms with van der Waals surface area (Å²) in [5.41, 5.74) is 1.82. The van der Waals surface area contributed by atoms with Gasteiger partial charge in [-0.3, -0.25) is 9.69 Å². The molecule has 1 aromatic heterocycles. The average molecular weight is 314 g/mol. The van der Waals surface area contributed by atoms with E-state index in [0.29, 0.717) is 25.3 Å². The Morgan fingerprint density at radius 2 is 1.96 bits per heavy atom. The highest BCUT2D eigenvalue weighted by Crippen LogP contribution is 2.21. The highest BCUT2D eigenvalue weighted by atomic mass is 16.5. The number of amides is 1. The number of carbonyl (C=O) groups excluding carboxylic acids is 1. The Morgan fingerprint density at radius 1 is 1.22 bits per heavy atom. The van der Waals surface area contributed by atoms with Crippen LogP contribution in [0.2, 0.25) is 0 Å². The SMILES string of the molecule is Cc1ccc(C(=O)NC[C@H](c2ccco2)N2CCOCC2)cc1. The van der Waals surface area contributed by atoms with E-state index in [-0.39, 0.29) is 11.9 Å². The van der Waals surface area contributed by atoms with Crippen LogP contribution in [0.25, 0.3) is 0 Å². The van der Waals surface area contributed by atoms with Crippen LogP contribution < -0.4 is 5.32 Å². The summed E-state index contributed by atoms with van der Waals surface area (Å²) in [5, 5.41) is 3.02. The third-order valence-electron chi connectivity index (χ3n) is 4.13. The number of carbonyl (C=O) groups is 1. The van der Waals surface area contributed by atoms with E-state index in [2.05, 4.69) is 10.2 Å². The minimum atomic E-state index is -0.0604. The first-order chi connectivity index (χ1) is 11.2. The van der Waals surface area contributed by atoms with Gasteiger partial charge in [-0.15, -0.1) is 0 Å². The Hall–Kier alpha value is -2.11. The number of nitrogens with one attached hydrogen (secondary N) is 1. The van der Waals surface area contributed by atoms with E-state index in [4.69, 9.17) is 9.15 Å². The lowest BCUT2D eigenvalue weighted by molar-refractivity contribution is 0.0118. The van der Waals surface area contributed by atoms with Gasteiger partial charge in [0.2, 0.25) is 0 Å². The van der Waals surface area contributed by atoms with Crippen molar-refractivity contribution in [3.8, 4) is 0 Å². The van der Waals surface area contributed by atoms with Crippen LogP contribution in [0, 0.1) is 6.92 Å². The predicted molar refractivity (Wildman–Crippen MR) is 87.4 cm³/mol. The number of ether oxygens (including phenoxy) is 1. The summed E-state index contributed by atoms with van der Waals surface area (Å²) in [7, 11) is 0. The summed E-state index contributed by atoms with van der Waals surface area (Å²) in [6, 6.07) is 11.5. The van der Waals surface area contributed by atoms with Gasteiger partial charge in [0, 0.05) is 25.2 Å². The van der Waals surface area contributed by atoms with Crippen molar-refractivity contribution in [3.05, 3.63) is 59.5 Å². The average Bonchev–Trinajstić information content (AvgIpc) is 3.11. The van der Waals surface area contributed by atoms with Crippen molar-refractivity contribution in [2.75, 3.05) is 32.8 Å². The smallest absolute Gasteiger partial charge is 0.251 e. The second-order valence-electron chi connectivity index (χ2n) is 5.76. The molecule has 1 atom stereocenters. The van der Waals surface area contributed by atoms with E-state index < -0.39 is 0 Å². The number of hydrogen-bond donors (Lipinski definition) is 1. The van der Waals surface area contributed by atoms with Gasteiger partial charge in [-0.25, -0.2) is 0 Å². The van der Waals surface area contributed by atoms with Gasteiger partial charge < -0.3 is 14.5 Å². The minimum Gasteiger partial charge on any atom is -0.468 e. The zero-order valence-electron chi connectivity index (χ0n) is 13.3. The number of furan rings is 1. The van der Waals surface area contributed by atoms with Crippen LogP contribution in [-0.2, 0) is 4.74 Å². The number of hydrogen-bond acceptors (Lipinski definition) is 4. The van der Waals surface area contributed by atoms with Gasteiger partial charge in [0.25, 0.3) is 5.91 Å². The lowest BCUT2D eigenvalue weighted by Gasteiger charge is -2.33. The zero-order valence-corrected chi connectivity index (χ0v) is 13.3. The van der Waals surface area contributed by atoms with E-state index in [0.717, 1.165) is 24.4 Å². The number of benzene rings is 1. The molecule has 1 aliphatic rings. The Kier molecular flexibility index (Phi) is 5.10. The zero-order chi connectivity index (χ0) is 16.1. The van der Waals surface area contributed by atoms with Crippen molar-refractivity contribution < 1.29 is 13.9 Å². The second kappa shape index (κ2) is 7.44. The van der Waals surface area contributed by atoms with Crippen LogP contribution in [0.15, 0.2) is 47.1 Å². The van der Waals surface area contributed by atoms with E-state index in [1.165, 1.54) is 0 Å². The normalized spacial score (nSPS) is 16.9. The first-order valence-corrected chi connectivity index (χ1v) is 7.94. The number of aryl methyl sites for hydroxylation is 1. The third kappa shape index (κ3) is 4.00. The monoisotopic (exact) mass is 314 g/mol. The molecule has 2 heterocycles. The second-order valence-corrected chi connectivity index (χ2v) is 5.76. The molecule has 0 radical (unpaired) electrons. The molecule has 1 fully saturated rings. The molecule has 1 aliphatic heterocycles. The molecule has 1 aromatic carbocycles. The fourth-order valence-corrected chi connectivity index (χ4v) is 2.78. The molecular weight excluding hydrogens is 292 g/mol. The van der Waals surface area contributed by atoms with E-state index >= 15 is 0 Å². The molecule has 0 saturated carbocycles. The first-order valence-electron chi connectivity index (χ1n) is 7.94. The van der Waals surface area contributed by atoms with Crippen LogP contribution in [0.3, 0.4) is 0 Å². The van der Waals surface area contributed by atoms with Crippen molar-refractivity contribution in [3.63, 3.8) is 0 Å². The standard InChI is InChI=1S/C18H22N2O3/c1-14-4-6-15(7-5-14)18(21)19-13-16(17-3-2-10-23-17)20-8-11-22-12-9-20/h2-7,10,16H,8-9,11-13H2,1H3,(H,19,21)/t16-/m1/s1. The van der Waals surface area contributed by atoms with Crippen LogP contribution in [0.1, 0.15) is 27.7 Å². The predicted octanol–water partition coefficient (Wildman–Crippen LogP) is 2.39. The van der Waals surface area contributed by atoms with Crippen molar-refractivity contribution in [2.45, 2.75) is 13.0 Å². The van der Waals surface area contributed by atoms with Crippen molar-refractivity contribution in [2.24, 2.45) is 0 Å². The largest absolute Gasteiger partial charge is 0.468 e. The van der Waals surface area contributed by atoms with Gasteiger partial charge in [0.05, 0.1) is 25.5 Å². The van der Waals surface area contributed by atoms with Gasteiger partial charge in [-0.1, -0.05) is 17.7 Å². The molecule has 5 nitrogen and oxygen atoms in total. The minimum absolute atomic E-state index is 0.0308. The van der Waals surface area contributed by atoms with Gasteiger partial charge >= 0.3 is 0 Å². The molecule has 0 unspecified atom stereocenters. The third-order valence-corrected chi connectivity index (χ3v) is 4.13. The number of nitrogens with zero attached hydrogens (tertiary/aromatic N) is 1. The van der Waals surface area contributed by atoms with E-state index in [9.17, 15) is 4.79 Å². The lowest BCUT2D eigenvalue weighted by Crippen LogP contribution is -2.43. The Balaban J connectivity index is 1.66. The molecule has 122 valence electrons. The molecule has 23 heavy (non-hydrogen) atoms. The number of rotatable bonds is 5. The summed E-state index contributed by atoms with van der Waals surface area (Å²) in [4.78, 5) is 14.6. The molecule has 1 amide bonds. The molecule has 0 aliphatic carbocycles. The van der Waals surface area contributed by atoms with Gasteiger partial charge in [0.15, 0.2) is 0 Å². The molecule has 3 rings (SSSR count). The molecule has 1 N–H and O–H groups in total. The lowest BCUT2D eigenvalue weighted by atomic mass is 10.1. The quantitative estimate of drug-likeness (QED) is 0.921. The summed E-state index contributed by atoms with van der Waals surface area (Å²) in [6.07, 6.45) is 1.67. The van der Waals surface area contributed by atoms with E-state index in [1.807, 2.05) is 43.3 Å². The van der Waals surface area contributed by atoms with Crippen molar-refractivity contribution in [1.29, 1.82) is 0 Å². The summed E-state index contributed by atoms with van der Waals surface area (Å²) < 4.78 is 11.0. The Labute approximate surface area is 136 Å². The van der Waals surface area contributed by atoms with Gasteiger partial charge in [0.1, 0.15) is 5.76 Å². The highest BCUT2D eigenvalue weighted by Gasteiger charge is 2.25. The summed E-state index contributed by atoms with van der Waals surface area (Å²) in [6.45, 7) is 5.62. The number of morpholine rings is 1. The maximum atomic E-state index is 12.3. The summed E-state index contributed by atoms with van der Waals surface area (Å²) in [5.74, 6) is 0.811. The first kappa shape index (κ1) is 15.8. The van der Waals surface area contributed by atoms with Crippen LogP contribution in [-0.4, -0.2) is 43.7 Å². The molecule has 5 heteroatoms. The summed E-state index contributed by atoms with van der Waals surface area (Å²) >= 11 is 0. The molecule has 0 bridgehead atoms. The fourth-order valence-electron chi connectivity index (χ4n) is 2.78. The van der Waals surface area contributed by atoms with Crippen LogP contribution in [0.4, 0.5) is 0 Å². The molecule has 2 aromatic rings. The Morgan fingerprint density at radius 3 is 2.61 bits per heavy atom. The van der Waals surface area contributed by atoms with Gasteiger partial charge in [-0.05, 0) is 31.2 Å². The highest BCUT2D eigenvalue weighted by molar-refractivity contribution is 5.94. The van der Waals surface area contributed by atoms with Crippen LogP contribution >= 0.6 is 0 Å². The van der Waals surface area contributed by atoms with E-state index in [1.54, 1.807) is 6.26 Å². The van der Waals surface area contributed by atoms with Crippen molar-refractivity contribution in [1.82, 2.24) is 10.2 Å². The maximum absolute atomic E-state index is 12.3. The molecular formula is C18H22N2O3. The van der Waals surface area contributed by atoms with Crippen molar-refractivity contribution >= 4 is 5.91 Å². The molecule has 1 saturated heterocycles. The Bertz CT molecular complexity index is 616. The topological polar surface area (TPSA) is 54.7 Å².